The van der Waals surface area contributed by atoms with Crippen molar-refractivity contribution in [2.75, 3.05) is 13.2 Å². The maximum absolute atomic E-state index is 5.96. The molecule has 1 aromatic carbocycles. The molecular weight excluding hydrogens is 294 g/mol. The van der Waals surface area contributed by atoms with E-state index in [4.69, 9.17) is 15.2 Å². The van der Waals surface area contributed by atoms with Crippen molar-refractivity contribution >= 4 is 15.9 Å². The standard InChI is InChI=1S/C14H20BrNO2/c1-2-11(16)7-10-3-4-14(13(15)8-10)18-12-5-6-17-9-12/h3-4,8,11-12H,2,5-7,9,16H2,1H3. The molecule has 0 amide bonds. The third-order valence-corrected chi connectivity index (χ3v) is 3.82. The first kappa shape index (κ1) is 13.8. The number of rotatable bonds is 5. The minimum atomic E-state index is 0.185. The number of nitrogens with two attached hydrogens (primary N) is 1. The fourth-order valence-electron chi connectivity index (χ4n) is 2.00. The van der Waals surface area contributed by atoms with Crippen LogP contribution in [0.5, 0.6) is 5.75 Å². The highest BCUT2D eigenvalue weighted by Crippen LogP contribution is 2.28. The van der Waals surface area contributed by atoms with Gasteiger partial charge in [-0.1, -0.05) is 13.0 Å². The van der Waals surface area contributed by atoms with E-state index in [1.807, 2.05) is 6.07 Å². The zero-order valence-corrected chi connectivity index (χ0v) is 12.3. The number of ether oxygens (including phenoxy) is 2. The summed E-state index contributed by atoms with van der Waals surface area (Å²) in [5, 5.41) is 0. The lowest BCUT2D eigenvalue weighted by atomic mass is 10.0. The van der Waals surface area contributed by atoms with E-state index >= 15 is 0 Å². The molecule has 100 valence electrons. The molecule has 1 aliphatic heterocycles. The molecule has 0 aromatic heterocycles. The highest BCUT2D eigenvalue weighted by atomic mass is 79.9. The fourth-order valence-corrected chi connectivity index (χ4v) is 2.52. The summed E-state index contributed by atoms with van der Waals surface area (Å²) in [7, 11) is 0. The lowest BCUT2D eigenvalue weighted by Crippen LogP contribution is -2.21. The molecule has 1 saturated heterocycles. The maximum atomic E-state index is 5.96. The van der Waals surface area contributed by atoms with Gasteiger partial charge >= 0.3 is 0 Å². The summed E-state index contributed by atoms with van der Waals surface area (Å²) in [5.74, 6) is 0.888. The van der Waals surface area contributed by atoms with Gasteiger partial charge in [-0.15, -0.1) is 0 Å². The molecule has 1 aromatic rings. The van der Waals surface area contributed by atoms with Crippen LogP contribution in [0.1, 0.15) is 25.3 Å². The number of hydrogen-bond donors (Lipinski definition) is 1. The zero-order valence-electron chi connectivity index (χ0n) is 10.7. The van der Waals surface area contributed by atoms with Crippen molar-refractivity contribution in [2.24, 2.45) is 5.73 Å². The average molecular weight is 314 g/mol. The molecule has 2 unspecified atom stereocenters. The van der Waals surface area contributed by atoms with Gasteiger partial charge in [-0.2, -0.15) is 0 Å². The van der Waals surface area contributed by atoms with E-state index in [0.717, 1.165) is 36.1 Å². The third-order valence-electron chi connectivity index (χ3n) is 3.20. The molecular formula is C14H20BrNO2. The second-order valence-electron chi connectivity index (χ2n) is 4.74. The van der Waals surface area contributed by atoms with E-state index in [1.54, 1.807) is 0 Å². The van der Waals surface area contributed by atoms with Crippen molar-refractivity contribution in [1.82, 2.24) is 0 Å². The Bertz CT molecular complexity index is 391. The summed E-state index contributed by atoms with van der Waals surface area (Å²) >= 11 is 3.56. The predicted octanol–water partition coefficient (Wildman–Crippen LogP) is 2.90. The molecule has 1 heterocycles. The van der Waals surface area contributed by atoms with Gasteiger partial charge in [0.15, 0.2) is 0 Å². The van der Waals surface area contributed by atoms with Crippen molar-refractivity contribution in [3.05, 3.63) is 28.2 Å². The number of benzene rings is 1. The molecule has 18 heavy (non-hydrogen) atoms. The first-order valence-corrected chi connectivity index (χ1v) is 7.26. The largest absolute Gasteiger partial charge is 0.487 e. The summed E-state index contributed by atoms with van der Waals surface area (Å²) in [4.78, 5) is 0. The SMILES string of the molecule is CCC(N)Cc1ccc(OC2CCOC2)c(Br)c1. The fraction of sp³-hybridized carbons (Fsp3) is 0.571. The molecule has 0 aliphatic carbocycles. The van der Waals surface area contributed by atoms with Crippen LogP contribution >= 0.6 is 15.9 Å². The van der Waals surface area contributed by atoms with E-state index < -0.39 is 0 Å². The Labute approximate surface area is 117 Å². The molecule has 0 spiro atoms. The summed E-state index contributed by atoms with van der Waals surface area (Å²) in [6.45, 7) is 3.60. The zero-order chi connectivity index (χ0) is 13.0. The molecule has 3 nitrogen and oxygen atoms in total. The van der Waals surface area contributed by atoms with E-state index in [2.05, 4.69) is 35.0 Å². The normalized spacial score (nSPS) is 20.9. The topological polar surface area (TPSA) is 44.5 Å². The highest BCUT2D eigenvalue weighted by molar-refractivity contribution is 9.10. The summed E-state index contributed by atoms with van der Waals surface area (Å²) < 4.78 is 12.2. The van der Waals surface area contributed by atoms with Crippen LogP contribution in [-0.4, -0.2) is 25.4 Å². The second kappa shape index (κ2) is 6.55. The van der Waals surface area contributed by atoms with Crippen LogP contribution in [0.4, 0.5) is 0 Å². The molecule has 0 saturated carbocycles. The Kier molecular flexibility index (Phi) is 5.03. The van der Waals surface area contributed by atoms with Crippen LogP contribution < -0.4 is 10.5 Å². The first-order valence-electron chi connectivity index (χ1n) is 6.47. The van der Waals surface area contributed by atoms with Crippen molar-refractivity contribution in [3.63, 3.8) is 0 Å². The molecule has 4 heteroatoms. The first-order chi connectivity index (χ1) is 8.69. The maximum Gasteiger partial charge on any atom is 0.134 e. The van der Waals surface area contributed by atoms with Crippen LogP contribution in [0.25, 0.3) is 0 Å². The second-order valence-corrected chi connectivity index (χ2v) is 5.60. The van der Waals surface area contributed by atoms with Crippen molar-refractivity contribution in [2.45, 2.75) is 38.3 Å². The molecule has 2 atom stereocenters. The Balaban J connectivity index is 2.00. The summed E-state index contributed by atoms with van der Waals surface area (Å²) in [6, 6.07) is 6.43. The Morgan fingerprint density at radius 3 is 3.00 bits per heavy atom. The molecule has 2 N–H and O–H groups in total. The number of halogens is 1. The summed E-state index contributed by atoms with van der Waals surface area (Å²) in [5.41, 5.74) is 7.20. The minimum Gasteiger partial charge on any atom is -0.487 e. The van der Waals surface area contributed by atoms with Crippen LogP contribution in [0.2, 0.25) is 0 Å². The van der Waals surface area contributed by atoms with Gasteiger partial charge in [0.1, 0.15) is 11.9 Å². The molecule has 0 radical (unpaired) electrons. The molecule has 1 fully saturated rings. The lowest BCUT2D eigenvalue weighted by molar-refractivity contribution is 0.141. The van der Waals surface area contributed by atoms with Crippen LogP contribution in [0.15, 0.2) is 22.7 Å². The van der Waals surface area contributed by atoms with E-state index in [1.165, 1.54) is 5.56 Å². The van der Waals surface area contributed by atoms with Gasteiger partial charge in [-0.05, 0) is 46.5 Å². The molecule has 2 rings (SSSR count). The van der Waals surface area contributed by atoms with Crippen molar-refractivity contribution < 1.29 is 9.47 Å². The predicted molar refractivity (Wildman–Crippen MR) is 76.0 cm³/mol. The van der Waals surface area contributed by atoms with E-state index in [0.29, 0.717) is 6.61 Å². The third kappa shape index (κ3) is 3.70. The highest BCUT2D eigenvalue weighted by Gasteiger charge is 2.18. The van der Waals surface area contributed by atoms with Gasteiger partial charge in [0.2, 0.25) is 0 Å². The van der Waals surface area contributed by atoms with E-state index in [9.17, 15) is 0 Å². The quantitative estimate of drug-likeness (QED) is 0.909. The van der Waals surface area contributed by atoms with Gasteiger partial charge in [0.25, 0.3) is 0 Å². The lowest BCUT2D eigenvalue weighted by Gasteiger charge is -2.15. The van der Waals surface area contributed by atoms with E-state index in [-0.39, 0.29) is 12.1 Å². The summed E-state index contributed by atoms with van der Waals surface area (Å²) in [6.07, 6.45) is 3.05. The van der Waals surface area contributed by atoms with Gasteiger partial charge in [-0.25, -0.2) is 0 Å². The van der Waals surface area contributed by atoms with Gasteiger partial charge < -0.3 is 15.2 Å². The van der Waals surface area contributed by atoms with Crippen LogP contribution in [0.3, 0.4) is 0 Å². The Hall–Kier alpha value is -0.580. The Morgan fingerprint density at radius 2 is 2.39 bits per heavy atom. The number of hydrogen-bond acceptors (Lipinski definition) is 3. The van der Waals surface area contributed by atoms with Gasteiger partial charge in [0, 0.05) is 12.5 Å². The van der Waals surface area contributed by atoms with Gasteiger partial charge in [-0.3, -0.25) is 0 Å². The monoisotopic (exact) mass is 313 g/mol. The van der Waals surface area contributed by atoms with Crippen LogP contribution in [-0.2, 0) is 11.2 Å². The molecule has 1 aliphatic rings. The average Bonchev–Trinajstić information content (AvgIpc) is 2.85. The minimum absolute atomic E-state index is 0.185. The Morgan fingerprint density at radius 1 is 1.56 bits per heavy atom. The smallest absolute Gasteiger partial charge is 0.134 e. The van der Waals surface area contributed by atoms with Gasteiger partial charge in [0.05, 0.1) is 17.7 Å². The molecule has 0 bridgehead atoms. The van der Waals surface area contributed by atoms with Crippen molar-refractivity contribution in [1.29, 1.82) is 0 Å². The van der Waals surface area contributed by atoms with Crippen molar-refractivity contribution in [3.8, 4) is 5.75 Å². The van der Waals surface area contributed by atoms with Crippen LogP contribution in [0, 0.1) is 0 Å².